The number of carbonyl (C=O) groups excluding carboxylic acids is 1. The van der Waals surface area contributed by atoms with Gasteiger partial charge in [-0.25, -0.2) is 9.78 Å². The van der Waals surface area contributed by atoms with Crippen molar-refractivity contribution in [2.75, 3.05) is 20.3 Å². The predicted octanol–water partition coefficient (Wildman–Crippen LogP) is 2.43. The van der Waals surface area contributed by atoms with Crippen molar-refractivity contribution in [3.63, 3.8) is 0 Å². The van der Waals surface area contributed by atoms with Gasteiger partial charge in [-0.3, -0.25) is 4.79 Å². The number of thiazole rings is 1. The molecule has 2 unspecified atom stereocenters. The van der Waals surface area contributed by atoms with Gasteiger partial charge in [0.1, 0.15) is 22.5 Å². The number of benzene rings is 1. The molecule has 1 amide bonds. The van der Waals surface area contributed by atoms with E-state index in [9.17, 15) is 14.7 Å². The molecule has 7 nitrogen and oxygen atoms in total. The molecule has 138 valence electrons. The zero-order chi connectivity index (χ0) is 18.5. The topological polar surface area (TPSA) is 97.8 Å². The Bertz CT molecular complexity index is 768. The summed E-state index contributed by atoms with van der Waals surface area (Å²) < 4.78 is 10.5. The molecule has 0 radical (unpaired) electrons. The van der Waals surface area contributed by atoms with Crippen LogP contribution in [-0.2, 0) is 9.53 Å². The molecule has 0 aliphatic carbocycles. The molecular formula is C18H20N2O5S. The van der Waals surface area contributed by atoms with Gasteiger partial charge in [-0.05, 0) is 37.1 Å². The fourth-order valence-corrected chi connectivity index (χ4v) is 3.68. The van der Waals surface area contributed by atoms with E-state index < -0.39 is 17.9 Å². The van der Waals surface area contributed by atoms with Crippen LogP contribution >= 0.6 is 11.3 Å². The van der Waals surface area contributed by atoms with Gasteiger partial charge in [-0.1, -0.05) is 0 Å². The number of rotatable bonds is 6. The average Bonchev–Trinajstić information content (AvgIpc) is 3.17. The van der Waals surface area contributed by atoms with Crippen molar-refractivity contribution in [1.29, 1.82) is 0 Å². The van der Waals surface area contributed by atoms with Gasteiger partial charge in [0.15, 0.2) is 0 Å². The summed E-state index contributed by atoms with van der Waals surface area (Å²) in [6.45, 7) is 0.972. The molecule has 1 saturated heterocycles. The molecular weight excluding hydrogens is 356 g/mol. The lowest BCUT2D eigenvalue weighted by molar-refractivity contribution is -0.142. The maximum atomic E-state index is 12.5. The van der Waals surface area contributed by atoms with Gasteiger partial charge in [-0.15, -0.1) is 11.3 Å². The number of hydrogen-bond donors (Lipinski definition) is 2. The number of aliphatic carboxylic acids is 1. The second-order valence-corrected chi connectivity index (χ2v) is 6.89. The summed E-state index contributed by atoms with van der Waals surface area (Å²) in [7, 11) is 1.59. The SMILES string of the molecule is COc1ccc(-c2nc(C(=O)NC(C(=O)O)C3CCCOC3)cs2)cc1. The van der Waals surface area contributed by atoms with E-state index in [-0.39, 0.29) is 11.6 Å². The Hall–Kier alpha value is -2.45. The van der Waals surface area contributed by atoms with E-state index in [4.69, 9.17) is 9.47 Å². The number of carboxylic acid groups (broad SMARTS) is 1. The first-order chi connectivity index (χ1) is 12.6. The van der Waals surface area contributed by atoms with E-state index in [1.807, 2.05) is 24.3 Å². The lowest BCUT2D eigenvalue weighted by Gasteiger charge is -2.27. The Morgan fingerprint density at radius 3 is 2.77 bits per heavy atom. The molecule has 1 aliphatic heterocycles. The zero-order valence-electron chi connectivity index (χ0n) is 14.3. The molecule has 1 aromatic heterocycles. The summed E-state index contributed by atoms with van der Waals surface area (Å²) in [4.78, 5) is 28.3. The number of carbonyl (C=O) groups is 2. The summed E-state index contributed by atoms with van der Waals surface area (Å²) in [6, 6.07) is 6.38. The van der Waals surface area contributed by atoms with Crippen LogP contribution in [0.4, 0.5) is 0 Å². The molecule has 1 fully saturated rings. The first-order valence-corrected chi connectivity index (χ1v) is 9.18. The number of amides is 1. The Kier molecular flexibility index (Phi) is 5.85. The Balaban J connectivity index is 1.70. The Morgan fingerprint density at radius 1 is 1.38 bits per heavy atom. The minimum absolute atomic E-state index is 0.212. The second-order valence-electron chi connectivity index (χ2n) is 6.03. The summed E-state index contributed by atoms with van der Waals surface area (Å²) in [5.74, 6) is -1.04. The highest BCUT2D eigenvalue weighted by atomic mass is 32.1. The lowest BCUT2D eigenvalue weighted by Crippen LogP contribution is -2.48. The third-order valence-corrected chi connectivity index (χ3v) is 5.18. The second kappa shape index (κ2) is 8.29. The normalized spacial score (nSPS) is 18.1. The van der Waals surface area contributed by atoms with E-state index in [2.05, 4.69) is 10.3 Å². The fraction of sp³-hybridized carbons (Fsp3) is 0.389. The predicted molar refractivity (Wildman–Crippen MR) is 96.5 cm³/mol. The molecule has 8 heteroatoms. The molecule has 2 N–H and O–H groups in total. The van der Waals surface area contributed by atoms with Gasteiger partial charge in [0.2, 0.25) is 0 Å². The first-order valence-electron chi connectivity index (χ1n) is 8.30. The largest absolute Gasteiger partial charge is 0.497 e. The summed E-state index contributed by atoms with van der Waals surface area (Å²) in [5, 5.41) is 14.4. The van der Waals surface area contributed by atoms with Crippen molar-refractivity contribution in [3.8, 4) is 16.3 Å². The van der Waals surface area contributed by atoms with Crippen LogP contribution < -0.4 is 10.1 Å². The summed E-state index contributed by atoms with van der Waals surface area (Å²) >= 11 is 1.33. The van der Waals surface area contributed by atoms with Crippen molar-refractivity contribution in [2.24, 2.45) is 5.92 Å². The van der Waals surface area contributed by atoms with Gasteiger partial charge < -0.3 is 19.9 Å². The Morgan fingerprint density at radius 2 is 2.15 bits per heavy atom. The number of aromatic nitrogens is 1. The van der Waals surface area contributed by atoms with E-state index in [1.54, 1.807) is 12.5 Å². The van der Waals surface area contributed by atoms with Crippen molar-refractivity contribution in [3.05, 3.63) is 35.3 Å². The highest BCUT2D eigenvalue weighted by Gasteiger charge is 2.32. The maximum Gasteiger partial charge on any atom is 0.326 e. The highest BCUT2D eigenvalue weighted by Crippen LogP contribution is 2.26. The number of nitrogens with zero attached hydrogens (tertiary/aromatic N) is 1. The number of carboxylic acids is 1. The number of ether oxygens (including phenoxy) is 2. The van der Waals surface area contributed by atoms with Crippen LogP contribution in [0.5, 0.6) is 5.75 Å². The van der Waals surface area contributed by atoms with Crippen LogP contribution in [0.3, 0.4) is 0 Å². The van der Waals surface area contributed by atoms with E-state index in [1.165, 1.54) is 11.3 Å². The minimum Gasteiger partial charge on any atom is -0.497 e. The smallest absolute Gasteiger partial charge is 0.326 e. The molecule has 0 saturated carbocycles. The molecule has 3 rings (SSSR count). The lowest BCUT2D eigenvalue weighted by atomic mass is 9.93. The molecule has 2 atom stereocenters. The van der Waals surface area contributed by atoms with Crippen LogP contribution in [0, 0.1) is 5.92 Å². The maximum absolute atomic E-state index is 12.5. The third-order valence-electron chi connectivity index (χ3n) is 4.29. The Labute approximate surface area is 155 Å². The van der Waals surface area contributed by atoms with Gasteiger partial charge in [0.05, 0.1) is 13.7 Å². The van der Waals surface area contributed by atoms with E-state index in [0.717, 1.165) is 17.7 Å². The van der Waals surface area contributed by atoms with Crippen molar-refractivity contribution in [1.82, 2.24) is 10.3 Å². The molecule has 26 heavy (non-hydrogen) atoms. The molecule has 1 aliphatic rings. The molecule has 2 heterocycles. The summed E-state index contributed by atoms with van der Waals surface area (Å²) in [6.07, 6.45) is 1.51. The van der Waals surface area contributed by atoms with Gasteiger partial charge in [-0.2, -0.15) is 0 Å². The van der Waals surface area contributed by atoms with Crippen LogP contribution in [-0.4, -0.2) is 48.3 Å². The van der Waals surface area contributed by atoms with Crippen LogP contribution in [0.2, 0.25) is 0 Å². The number of nitrogens with one attached hydrogen (secondary N) is 1. The van der Waals surface area contributed by atoms with Gasteiger partial charge >= 0.3 is 5.97 Å². The molecule has 0 spiro atoms. The fourth-order valence-electron chi connectivity index (χ4n) is 2.87. The minimum atomic E-state index is -1.06. The third kappa shape index (κ3) is 4.20. The highest BCUT2D eigenvalue weighted by molar-refractivity contribution is 7.13. The molecule has 0 bridgehead atoms. The molecule has 2 aromatic rings. The first kappa shape index (κ1) is 18.3. The monoisotopic (exact) mass is 376 g/mol. The van der Waals surface area contributed by atoms with Crippen LogP contribution in [0.15, 0.2) is 29.6 Å². The molecule has 1 aromatic carbocycles. The number of hydrogen-bond acceptors (Lipinski definition) is 6. The average molecular weight is 376 g/mol. The zero-order valence-corrected chi connectivity index (χ0v) is 15.1. The standard InChI is InChI=1S/C18H20N2O5S/c1-24-13-6-4-11(5-7-13)17-19-14(10-26-17)16(21)20-15(18(22)23)12-3-2-8-25-9-12/h4-7,10,12,15H,2-3,8-9H2,1H3,(H,20,21)(H,22,23). The van der Waals surface area contributed by atoms with Crippen molar-refractivity contribution < 1.29 is 24.2 Å². The van der Waals surface area contributed by atoms with E-state index >= 15 is 0 Å². The van der Waals surface area contributed by atoms with Crippen LogP contribution in [0.25, 0.3) is 10.6 Å². The van der Waals surface area contributed by atoms with Gasteiger partial charge in [0.25, 0.3) is 5.91 Å². The summed E-state index contributed by atoms with van der Waals surface area (Å²) in [5.41, 5.74) is 1.08. The van der Waals surface area contributed by atoms with Gasteiger partial charge in [0, 0.05) is 23.5 Å². The van der Waals surface area contributed by atoms with Crippen molar-refractivity contribution in [2.45, 2.75) is 18.9 Å². The quantitative estimate of drug-likeness (QED) is 0.804. The van der Waals surface area contributed by atoms with Crippen molar-refractivity contribution >= 4 is 23.2 Å². The van der Waals surface area contributed by atoms with Crippen LogP contribution in [0.1, 0.15) is 23.3 Å². The number of methoxy groups -OCH3 is 1. The van der Waals surface area contributed by atoms with E-state index in [0.29, 0.717) is 24.6 Å².